The van der Waals surface area contributed by atoms with Gasteiger partial charge in [-0.3, -0.25) is 4.79 Å². The molecule has 2 aliphatic rings. The first-order chi connectivity index (χ1) is 15.7. The highest BCUT2D eigenvalue weighted by atomic mass is 32.2. The molecule has 32 heavy (non-hydrogen) atoms. The maximum Gasteiger partial charge on any atom is 0.247 e. The lowest BCUT2D eigenvalue weighted by Gasteiger charge is -2.31. The molecule has 0 aliphatic carbocycles. The Morgan fingerprint density at radius 3 is 2.06 bits per heavy atom. The summed E-state index contributed by atoms with van der Waals surface area (Å²) in [4.78, 5) is 18.7. The quantitative estimate of drug-likeness (QED) is 0.562. The molecule has 2 aliphatic heterocycles. The van der Waals surface area contributed by atoms with Crippen molar-refractivity contribution < 1.29 is 4.79 Å². The third-order valence-electron chi connectivity index (χ3n) is 6.51. The number of hydrogen-bond acceptors (Lipinski definition) is 4. The van der Waals surface area contributed by atoms with Crippen LogP contribution in [0.25, 0.3) is 0 Å². The zero-order valence-electron chi connectivity index (χ0n) is 18.8. The van der Waals surface area contributed by atoms with Crippen molar-refractivity contribution in [3.8, 4) is 6.07 Å². The molecule has 2 heterocycles. The second kappa shape index (κ2) is 10.4. The third kappa shape index (κ3) is 4.10. The number of likely N-dealkylation sites (tertiary alicyclic amines) is 1. The molecule has 1 amide bonds. The van der Waals surface area contributed by atoms with Gasteiger partial charge in [-0.15, -0.1) is 11.8 Å². The van der Waals surface area contributed by atoms with E-state index in [2.05, 4.69) is 17.9 Å². The molecule has 0 atom stereocenters. The topological polar surface area (TPSA) is 47.3 Å². The number of thioether (sulfide) groups is 1. The van der Waals surface area contributed by atoms with Crippen LogP contribution in [0.5, 0.6) is 0 Å². The summed E-state index contributed by atoms with van der Waals surface area (Å²) in [5.41, 5.74) is 1.20. The number of amides is 1. The molecule has 4 nitrogen and oxygen atoms in total. The lowest BCUT2D eigenvalue weighted by molar-refractivity contribution is -0.130. The fourth-order valence-corrected chi connectivity index (χ4v) is 5.98. The van der Waals surface area contributed by atoms with Crippen LogP contribution in [0.4, 0.5) is 0 Å². The highest BCUT2D eigenvalue weighted by molar-refractivity contribution is 8.03. The summed E-state index contributed by atoms with van der Waals surface area (Å²) in [6, 6.07) is 22.1. The highest BCUT2D eigenvalue weighted by Crippen LogP contribution is 2.50. The smallest absolute Gasteiger partial charge is 0.247 e. The van der Waals surface area contributed by atoms with Gasteiger partial charge in [-0.1, -0.05) is 74.0 Å². The SMILES string of the molecule is CCSC1=C(C#N)C(c2ccccc2)(c2ccccc2)C(=O)N1CCCN1CCCCC1. The summed E-state index contributed by atoms with van der Waals surface area (Å²) in [6.45, 7) is 6.03. The Kier molecular flexibility index (Phi) is 7.34. The van der Waals surface area contributed by atoms with Crippen LogP contribution in [0.1, 0.15) is 43.7 Å². The van der Waals surface area contributed by atoms with E-state index in [0.29, 0.717) is 12.1 Å². The van der Waals surface area contributed by atoms with Crippen molar-refractivity contribution in [1.29, 1.82) is 5.26 Å². The molecular formula is C27H31N3OS. The Morgan fingerprint density at radius 1 is 0.938 bits per heavy atom. The lowest BCUT2D eigenvalue weighted by Crippen LogP contribution is -2.42. The Bertz CT molecular complexity index is 951. The van der Waals surface area contributed by atoms with Crippen molar-refractivity contribution >= 4 is 17.7 Å². The van der Waals surface area contributed by atoms with Crippen LogP contribution < -0.4 is 0 Å². The number of piperidine rings is 1. The van der Waals surface area contributed by atoms with Gasteiger partial charge in [0.2, 0.25) is 5.91 Å². The minimum atomic E-state index is -1.08. The number of benzene rings is 2. The van der Waals surface area contributed by atoms with Gasteiger partial charge in [0.25, 0.3) is 0 Å². The first-order valence-corrected chi connectivity index (χ1v) is 12.6. The Balaban J connectivity index is 1.74. The van der Waals surface area contributed by atoms with Gasteiger partial charge >= 0.3 is 0 Å². The molecule has 2 aromatic carbocycles. The average Bonchev–Trinajstić information content (AvgIpc) is 3.09. The van der Waals surface area contributed by atoms with Crippen LogP contribution in [0.2, 0.25) is 0 Å². The van der Waals surface area contributed by atoms with Crippen LogP contribution in [-0.2, 0) is 10.2 Å². The van der Waals surface area contributed by atoms with Crippen molar-refractivity contribution in [3.05, 3.63) is 82.4 Å². The molecule has 0 aromatic heterocycles. The zero-order chi connectivity index (χ0) is 22.4. The van der Waals surface area contributed by atoms with Gasteiger partial charge in [-0.2, -0.15) is 5.26 Å². The molecule has 0 unspecified atom stereocenters. The van der Waals surface area contributed by atoms with Gasteiger partial charge in [0, 0.05) is 6.54 Å². The number of nitrogens with zero attached hydrogens (tertiary/aromatic N) is 3. The third-order valence-corrected chi connectivity index (χ3v) is 7.50. The molecule has 0 N–H and O–H groups in total. The first-order valence-electron chi connectivity index (χ1n) is 11.7. The van der Waals surface area contributed by atoms with Gasteiger partial charge in [0.05, 0.1) is 16.7 Å². The van der Waals surface area contributed by atoms with Crippen molar-refractivity contribution in [2.45, 2.75) is 38.0 Å². The van der Waals surface area contributed by atoms with E-state index in [1.807, 2.05) is 65.6 Å². The average molecular weight is 446 g/mol. The molecule has 0 bridgehead atoms. The molecule has 1 fully saturated rings. The fourth-order valence-electron chi connectivity index (χ4n) is 5.03. The van der Waals surface area contributed by atoms with Gasteiger partial charge in [-0.05, 0) is 55.8 Å². The molecule has 1 saturated heterocycles. The van der Waals surface area contributed by atoms with Crippen molar-refractivity contribution in [3.63, 3.8) is 0 Å². The molecule has 4 rings (SSSR count). The van der Waals surface area contributed by atoms with Crippen LogP contribution in [0, 0.1) is 11.3 Å². The minimum absolute atomic E-state index is 0.000967. The number of rotatable bonds is 8. The van der Waals surface area contributed by atoms with Gasteiger partial charge in [0.1, 0.15) is 5.41 Å². The normalized spacial score (nSPS) is 18.8. The van der Waals surface area contributed by atoms with E-state index in [0.717, 1.165) is 48.0 Å². The Labute approximate surface area is 195 Å². The van der Waals surface area contributed by atoms with E-state index >= 15 is 0 Å². The maximum atomic E-state index is 14.3. The summed E-state index contributed by atoms with van der Waals surface area (Å²) in [7, 11) is 0. The molecule has 5 heteroatoms. The number of hydrogen-bond donors (Lipinski definition) is 0. The number of carbonyl (C=O) groups is 1. The fraction of sp³-hybridized carbons (Fsp3) is 0.407. The Hall–Kier alpha value is -2.55. The highest BCUT2D eigenvalue weighted by Gasteiger charge is 2.55. The van der Waals surface area contributed by atoms with Crippen LogP contribution in [0.15, 0.2) is 71.3 Å². The predicted molar refractivity (Wildman–Crippen MR) is 131 cm³/mol. The maximum absolute atomic E-state index is 14.3. The van der Waals surface area contributed by atoms with Crippen LogP contribution in [0.3, 0.4) is 0 Å². The molecular weight excluding hydrogens is 414 g/mol. The monoisotopic (exact) mass is 445 g/mol. The van der Waals surface area contributed by atoms with Crippen LogP contribution in [-0.4, -0.2) is 47.6 Å². The van der Waals surface area contributed by atoms with E-state index in [1.54, 1.807) is 11.8 Å². The lowest BCUT2D eigenvalue weighted by atomic mass is 9.70. The largest absolute Gasteiger partial charge is 0.304 e. The van der Waals surface area contributed by atoms with Crippen molar-refractivity contribution in [2.24, 2.45) is 0 Å². The number of nitriles is 1. The first kappa shape index (κ1) is 22.6. The predicted octanol–water partition coefficient (Wildman–Crippen LogP) is 5.18. The van der Waals surface area contributed by atoms with Gasteiger partial charge in [-0.25, -0.2) is 0 Å². The minimum Gasteiger partial charge on any atom is -0.304 e. The van der Waals surface area contributed by atoms with Crippen molar-refractivity contribution in [1.82, 2.24) is 9.80 Å². The molecule has 166 valence electrons. The zero-order valence-corrected chi connectivity index (χ0v) is 19.6. The van der Waals surface area contributed by atoms with Gasteiger partial charge < -0.3 is 9.80 Å². The molecule has 0 spiro atoms. The van der Waals surface area contributed by atoms with E-state index in [9.17, 15) is 10.1 Å². The van der Waals surface area contributed by atoms with E-state index in [-0.39, 0.29) is 5.91 Å². The molecule has 0 saturated carbocycles. The van der Waals surface area contributed by atoms with Gasteiger partial charge in [0.15, 0.2) is 0 Å². The second-order valence-electron chi connectivity index (χ2n) is 8.42. The van der Waals surface area contributed by atoms with E-state index in [4.69, 9.17) is 0 Å². The second-order valence-corrected chi connectivity index (χ2v) is 9.67. The van der Waals surface area contributed by atoms with E-state index in [1.165, 1.54) is 19.3 Å². The van der Waals surface area contributed by atoms with Crippen molar-refractivity contribution in [2.75, 3.05) is 31.9 Å². The van der Waals surface area contributed by atoms with Crippen LogP contribution >= 0.6 is 11.8 Å². The molecule has 0 radical (unpaired) electrons. The standard InChI is InChI=1S/C27H31N3OS/c1-2-32-25-24(21-28)27(22-13-6-3-7-14-22,23-15-8-4-9-16-23)26(31)30(25)20-12-19-29-17-10-5-11-18-29/h3-4,6-9,13-16H,2,5,10-12,17-20H2,1H3. The summed E-state index contributed by atoms with van der Waals surface area (Å²) >= 11 is 1.61. The summed E-state index contributed by atoms with van der Waals surface area (Å²) in [5.74, 6) is 0.817. The summed E-state index contributed by atoms with van der Waals surface area (Å²) in [5, 5.41) is 11.2. The Morgan fingerprint density at radius 2 is 1.53 bits per heavy atom. The number of carbonyl (C=O) groups excluding carboxylic acids is 1. The molecule has 2 aromatic rings. The summed E-state index contributed by atoms with van der Waals surface area (Å²) in [6.07, 6.45) is 4.77. The van der Waals surface area contributed by atoms with E-state index < -0.39 is 5.41 Å². The summed E-state index contributed by atoms with van der Waals surface area (Å²) < 4.78 is 0.